The van der Waals surface area contributed by atoms with Gasteiger partial charge in [0, 0.05) is 5.38 Å². The summed E-state index contributed by atoms with van der Waals surface area (Å²) in [5, 5.41) is 19.3. The molecule has 0 unspecified atom stereocenters. The summed E-state index contributed by atoms with van der Waals surface area (Å²) in [5.74, 6) is -2.63. The Labute approximate surface area is 243 Å². The third kappa shape index (κ3) is 6.81. The highest BCUT2D eigenvalue weighted by Crippen LogP contribution is 2.41. The van der Waals surface area contributed by atoms with Gasteiger partial charge >= 0.3 is 11.9 Å². The van der Waals surface area contributed by atoms with Gasteiger partial charge in [-0.05, 0) is 51.3 Å². The van der Waals surface area contributed by atoms with Crippen LogP contribution in [0.25, 0.3) is 0 Å². The van der Waals surface area contributed by atoms with E-state index in [1.807, 2.05) is 60.0 Å². The van der Waals surface area contributed by atoms with E-state index in [0.29, 0.717) is 10.8 Å². The predicted molar refractivity (Wildman–Crippen MR) is 160 cm³/mol. The number of aliphatic carboxylic acids is 1. The fourth-order valence-electron chi connectivity index (χ4n) is 4.25. The minimum atomic E-state index is -1.55. The number of rotatable bonds is 10. The van der Waals surface area contributed by atoms with Crippen LogP contribution in [0, 0.1) is 0 Å². The van der Waals surface area contributed by atoms with Crippen LogP contribution >= 0.6 is 11.3 Å². The average molecular weight is 572 g/mol. The van der Waals surface area contributed by atoms with Crippen molar-refractivity contribution in [1.82, 2.24) is 4.98 Å². The van der Waals surface area contributed by atoms with Gasteiger partial charge in [-0.3, -0.25) is 0 Å². The van der Waals surface area contributed by atoms with Crippen LogP contribution in [-0.4, -0.2) is 33.3 Å². The highest BCUT2D eigenvalue weighted by molar-refractivity contribution is 7.13. The van der Waals surface area contributed by atoms with Crippen molar-refractivity contribution in [2.75, 3.05) is 5.32 Å². The van der Waals surface area contributed by atoms with Crippen LogP contribution in [0.15, 0.2) is 102 Å². The van der Waals surface area contributed by atoms with E-state index in [9.17, 15) is 14.7 Å². The molecular weight excluding hydrogens is 538 g/mol. The number of carboxylic acids is 1. The molecule has 3 aromatic carbocycles. The minimum Gasteiger partial charge on any atom is -0.476 e. The molecule has 0 radical (unpaired) electrons. The first kappa shape index (κ1) is 29.5. The fraction of sp³-hybridized carbons (Fsp3) is 0.250. The largest absolute Gasteiger partial charge is 0.476 e. The lowest BCUT2D eigenvalue weighted by Gasteiger charge is -2.36. The van der Waals surface area contributed by atoms with E-state index in [2.05, 4.69) is 46.9 Å². The highest BCUT2D eigenvalue weighted by Gasteiger charge is 2.38. The fourth-order valence-corrected chi connectivity index (χ4v) is 5.17. The van der Waals surface area contributed by atoms with Crippen LogP contribution in [0.4, 0.5) is 5.13 Å². The normalized spacial score (nSPS) is 12.5. The smallest absolute Gasteiger partial charge is 0.368 e. The lowest BCUT2D eigenvalue weighted by atomic mass is 9.77. The molecule has 0 aliphatic heterocycles. The molecule has 9 heteroatoms. The maximum atomic E-state index is 12.4. The molecule has 0 bridgehead atoms. The zero-order valence-corrected chi connectivity index (χ0v) is 24.4. The monoisotopic (exact) mass is 571 g/mol. The number of oxime groups is 1. The maximum Gasteiger partial charge on any atom is 0.368 e. The molecule has 1 aromatic heterocycles. The number of ether oxygens (including phenoxy) is 1. The molecule has 0 fully saturated rings. The number of carboxylic acid groups (broad SMARTS) is 1. The van der Waals surface area contributed by atoms with Gasteiger partial charge < -0.3 is 20.0 Å². The van der Waals surface area contributed by atoms with E-state index < -0.39 is 34.4 Å². The van der Waals surface area contributed by atoms with Crippen molar-refractivity contribution in [3.05, 3.63) is 119 Å². The minimum absolute atomic E-state index is 0.505. The van der Waals surface area contributed by atoms with Crippen LogP contribution in [0.1, 0.15) is 57.0 Å². The van der Waals surface area contributed by atoms with Crippen LogP contribution < -0.4 is 5.32 Å². The first-order valence-corrected chi connectivity index (χ1v) is 13.9. The summed E-state index contributed by atoms with van der Waals surface area (Å²) in [4.78, 5) is 34.5. The molecule has 212 valence electrons. The topological polar surface area (TPSA) is 110 Å². The Balaban J connectivity index is 1.71. The third-order valence-corrected chi connectivity index (χ3v) is 6.95. The SMILES string of the molecule is CC(C)(C)OC(=O)/C(=N\OC(C)(C)c1csc(NC(c2ccccc2)(c2ccccc2)c2ccccc2)n1)C(=O)O. The van der Waals surface area contributed by atoms with Crippen LogP contribution in [-0.2, 0) is 30.3 Å². The van der Waals surface area contributed by atoms with E-state index in [-0.39, 0.29) is 0 Å². The molecule has 2 N–H and O–H groups in total. The van der Waals surface area contributed by atoms with Gasteiger partial charge in [-0.1, -0.05) is 96.2 Å². The standard InChI is InChI=1S/C32H33N3O5S/c1-30(2,3)39-28(38)26(27(36)37)35-40-31(4,5)25-21-41-29(33-25)34-32(22-15-9-6-10-16-22,23-17-11-7-12-18-23)24-19-13-8-14-20-24/h6-21H,1-5H3,(H,33,34)(H,36,37)/b35-26-. The summed E-state index contributed by atoms with van der Waals surface area (Å²) in [7, 11) is 0. The molecule has 0 atom stereocenters. The molecule has 0 saturated heterocycles. The van der Waals surface area contributed by atoms with Crippen molar-refractivity contribution in [1.29, 1.82) is 0 Å². The lowest BCUT2D eigenvalue weighted by molar-refractivity contribution is -0.148. The number of hydrogen-bond acceptors (Lipinski definition) is 8. The number of carbonyl (C=O) groups excluding carboxylic acids is 1. The number of aromatic nitrogens is 1. The Morgan fingerprint density at radius 2 is 1.27 bits per heavy atom. The van der Waals surface area contributed by atoms with E-state index in [4.69, 9.17) is 14.6 Å². The molecule has 8 nitrogen and oxygen atoms in total. The average Bonchev–Trinajstić information content (AvgIpc) is 3.42. The van der Waals surface area contributed by atoms with Gasteiger partial charge in [-0.15, -0.1) is 11.3 Å². The number of thiazole rings is 1. The van der Waals surface area contributed by atoms with Crippen molar-refractivity contribution >= 4 is 34.1 Å². The number of anilines is 1. The number of hydrogen-bond donors (Lipinski definition) is 2. The van der Waals surface area contributed by atoms with Gasteiger partial charge in [-0.25, -0.2) is 14.6 Å². The molecule has 4 rings (SSSR count). The molecule has 0 spiro atoms. The summed E-state index contributed by atoms with van der Waals surface area (Å²) >= 11 is 1.38. The second kappa shape index (κ2) is 11.9. The van der Waals surface area contributed by atoms with Gasteiger partial charge in [0.2, 0.25) is 0 Å². The summed E-state index contributed by atoms with van der Waals surface area (Å²) < 4.78 is 5.16. The van der Waals surface area contributed by atoms with Gasteiger partial charge in [0.1, 0.15) is 11.1 Å². The molecule has 4 aromatic rings. The van der Waals surface area contributed by atoms with Gasteiger partial charge in [0.15, 0.2) is 10.7 Å². The van der Waals surface area contributed by atoms with Crippen molar-refractivity contribution in [3.8, 4) is 0 Å². The Kier molecular flexibility index (Phi) is 8.58. The Morgan fingerprint density at radius 1 is 0.805 bits per heavy atom. The van der Waals surface area contributed by atoms with E-state index in [1.54, 1.807) is 34.6 Å². The van der Waals surface area contributed by atoms with Crippen molar-refractivity contribution in [2.24, 2.45) is 5.16 Å². The molecule has 1 heterocycles. The van der Waals surface area contributed by atoms with Crippen molar-refractivity contribution in [3.63, 3.8) is 0 Å². The van der Waals surface area contributed by atoms with Crippen molar-refractivity contribution < 1.29 is 24.3 Å². The van der Waals surface area contributed by atoms with E-state index in [0.717, 1.165) is 16.7 Å². The second-order valence-electron chi connectivity index (χ2n) is 10.9. The summed E-state index contributed by atoms with van der Waals surface area (Å²) in [6, 6.07) is 30.4. The van der Waals surface area contributed by atoms with Crippen LogP contribution in [0.5, 0.6) is 0 Å². The number of nitrogens with one attached hydrogen (secondary N) is 1. The zero-order chi connectivity index (χ0) is 29.7. The highest BCUT2D eigenvalue weighted by atomic mass is 32.1. The van der Waals surface area contributed by atoms with Crippen LogP contribution in [0.3, 0.4) is 0 Å². The first-order chi connectivity index (χ1) is 19.4. The maximum absolute atomic E-state index is 12.4. The lowest BCUT2D eigenvalue weighted by Crippen LogP contribution is -2.38. The Bertz CT molecular complexity index is 1410. The van der Waals surface area contributed by atoms with Gasteiger partial charge in [-0.2, -0.15) is 0 Å². The van der Waals surface area contributed by atoms with Crippen LogP contribution in [0.2, 0.25) is 0 Å². The number of esters is 1. The Morgan fingerprint density at radius 3 is 1.68 bits per heavy atom. The quantitative estimate of drug-likeness (QED) is 0.0727. The first-order valence-electron chi connectivity index (χ1n) is 13.1. The molecule has 0 aliphatic carbocycles. The van der Waals surface area contributed by atoms with E-state index in [1.165, 1.54) is 11.3 Å². The van der Waals surface area contributed by atoms with Gasteiger partial charge in [0.05, 0.1) is 5.69 Å². The third-order valence-electron chi connectivity index (χ3n) is 6.20. The molecule has 0 saturated carbocycles. The molecule has 0 aliphatic rings. The number of nitrogens with zero attached hydrogens (tertiary/aromatic N) is 2. The predicted octanol–water partition coefficient (Wildman–Crippen LogP) is 6.58. The summed E-state index contributed by atoms with van der Waals surface area (Å²) in [5.41, 5.74) is -0.0820. The molecule has 0 amide bonds. The molecular formula is C32H33N3O5S. The van der Waals surface area contributed by atoms with Crippen molar-refractivity contribution in [2.45, 2.75) is 51.4 Å². The van der Waals surface area contributed by atoms with Gasteiger partial charge in [0.25, 0.3) is 5.71 Å². The summed E-state index contributed by atoms with van der Waals surface area (Å²) in [6.45, 7) is 8.31. The second-order valence-corrected chi connectivity index (χ2v) is 11.7. The number of carbonyl (C=O) groups is 2. The van der Waals surface area contributed by atoms with E-state index >= 15 is 0 Å². The number of benzene rings is 3. The molecule has 41 heavy (non-hydrogen) atoms. The summed E-state index contributed by atoms with van der Waals surface area (Å²) in [6.07, 6.45) is 0. The Hall–Kier alpha value is -4.50. The zero-order valence-electron chi connectivity index (χ0n) is 23.6.